The molecule has 1 amide bonds. The number of amides is 1. The van der Waals surface area contributed by atoms with Gasteiger partial charge in [-0.1, -0.05) is 29.8 Å². The van der Waals surface area contributed by atoms with Gasteiger partial charge in [0.05, 0.1) is 22.5 Å². The molecule has 0 fully saturated rings. The topological polar surface area (TPSA) is 84.2 Å². The first kappa shape index (κ1) is 19.0. The largest absolute Gasteiger partial charge is 0.481 e. The number of aromatic nitrogens is 2. The van der Waals surface area contributed by atoms with E-state index in [2.05, 4.69) is 10.4 Å². The monoisotopic (exact) mass is 363 g/mol. The van der Waals surface area contributed by atoms with Crippen LogP contribution in [0.3, 0.4) is 0 Å². The zero-order valence-electron chi connectivity index (χ0n) is 14.7. The molecule has 1 atom stereocenters. The maximum atomic E-state index is 12.7. The average Bonchev–Trinajstić information content (AvgIpc) is 2.91. The molecule has 134 valence electrons. The number of carbonyl (C=O) groups excluding carboxylic acids is 1. The smallest absolute Gasteiger partial charge is 0.305 e. The highest BCUT2D eigenvalue weighted by Gasteiger charge is 2.25. The van der Waals surface area contributed by atoms with Crippen LogP contribution >= 0.6 is 11.6 Å². The molecule has 25 heavy (non-hydrogen) atoms. The standard InChI is InChI=1S/C18H22ClN3O3/c1-11(9-15(23)24)20-17(25)13-10-22(18(2,3)4)21-16(13)12-7-5-6-8-14(12)19/h5-8,10-11H,9H2,1-4H3,(H,20,25)(H,23,24). The summed E-state index contributed by atoms with van der Waals surface area (Å²) in [6, 6.07) is 6.67. The predicted octanol–water partition coefficient (Wildman–Crippen LogP) is 3.55. The third-order valence-electron chi connectivity index (χ3n) is 3.63. The van der Waals surface area contributed by atoms with Crippen LogP contribution in [0.5, 0.6) is 0 Å². The Morgan fingerprint density at radius 1 is 1.32 bits per heavy atom. The lowest BCUT2D eigenvalue weighted by Crippen LogP contribution is -2.34. The van der Waals surface area contributed by atoms with Gasteiger partial charge in [-0.3, -0.25) is 14.3 Å². The van der Waals surface area contributed by atoms with E-state index < -0.39 is 12.0 Å². The summed E-state index contributed by atoms with van der Waals surface area (Å²) in [5.41, 5.74) is 1.17. The Kier molecular flexibility index (Phi) is 5.52. The van der Waals surface area contributed by atoms with Gasteiger partial charge in [0.25, 0.3) is 5.91 Å². The molecule has 0 spiro atoms. The first-order chi connectivity index (χ1) is 11.6. The Morgan fingerprint density at radius 3 is 2.52 bits per heavy atom. The molecular formula is C18H22ClN3O3. The van der Waals surface area contributed by atoms with Gasteiger partial charge in [-0.2, -0.15) is 5.10 Å². The second kappa shape index (κ2) is 7.27. The minimum atomic E-state index is -0.968. The summed E-state index contributed by atoms with van der Waals surface area (Å²) in [7, 11) is 0. The highest BCUT2D eigenvalue weighted by atomic mass is 35.5. The molecule has 1 aromatic carbocycles. The van der Waals surface area contributed by atoms with Crippen molar-refractivity contribution in [2.75, 3.05) is 0 Å². The summed E-state index contributed by atoms with van der Waals surface area (Å²) < 4.78 is 1.71. The van der Waals surface area contributed by atoms with E-state index >= 15 is 0 Å². The first-order valence-corrected chi connectivity index (χ1v) is 8.35. The van der Waals surface area contributed by atoms with E-state index in [4.69, 9.17) is 16.7 Å². The Hall–Kier alpha value is -2.34. The highest BCUT2D eigenvalue weighted by Crippen LogP contribution is 2.30. The lowest BCUT2D eigenvalue weighted by molar-refractivity contribution is -0.137. The molecule has 0 radical (unpaired) electrons. The van der Waals surface area contributed by atoms with E-state index in [9.17, 15) is 9.59 Å². The number of halogens is 1. The van der Waals surface area contributed by atoms with Crippen LogP contribution in [0.25, 0.3) is 11.3 Å². The molecule has 0 saturated carbocycles. The van der Waals surface area contributed by atoms with Gasteiger partial charge in [0.1, 0.15) is 5.69 Å². The minimum absolute atomic E-state index is 0.152. The van der Waals surface area contributed by atoms with Crippen molar-refractivity contribution < 1.29 is 14.7 Å². The summed E-state index contributed by atoms with van der Waals surface area (Å²) in [6.45, 7) is 7.58. The minimum Gasteiger partial charge on any atom is -0.481 e. The number of benzene rings is 1. The molecule has 1 aromatic heterocycles. The fourth-order valence-electron chi connectivity index (χ4n) is 2.35. The molecule has 2 N–H and O–H groups in total. The molecule has 0 aliphatic carbocycles. The van der Waals surface area contributed by atoms with Crippen molar-refractivity contribution in [1.29, 1.82) is 0 Å². The molecule has 2 rings (SSSR count). The number of aliphatic carboxylic acids is 1. The highest BCUT2D eigenvalue weighted by molar-refractivity contribution is 6.33. The van der Waals surface area contributed by atoms with Gasteiger partial charge in [0.2, 0.25) is 0 Å². The van der Waals surface area contributed by atoms with E-state index in [0.717, 1.165) is 0 Å². The van der Waals surface area contributed by atoms with Crippen LogP contribution in [-0.4, -0.2) is 32.8 Å². The zero-order chi connectivity index (χ0) is 18.8. The van der Waals surface area contributed by atoms with Gasteiger partial charge in [0.15, 0.2) is 0 Å². The summed E-state index contributed by atoms with van der Waals surface area (Å²) >= 11 is 6.27. The number of hydrogen-bond acceptors (Lipinski definition) is 3. The third kappa shape index (κ3) is 4.60. The van der Waals surface area contributed by atoms with E-state index in [1.807, 2.05) is 26.8 Å². The molecule has 0 bridgehead atoms. The Balaban J connectivity index is 2.45. The van der Waals surface area contributed by atoms with Crippen LogP contribution in [0, 0.1) is 0 Å². The maximum Gasteiger partial charge on any atom is 0.305 e. The second-order valence-corrected chi connectivity index (χ2v) is 7.37. The Morgan fingerprint density at radius 2 is 1.96 bits per heavy atom. The molecule has 1 heterocycles. The van der Waals surface area contributed by atoms with E-state index in [1.54, 1.807) is 36.0 Å². The first-order valence-electron chi connectivity index (χ1n) is 7.97. The van der Waals surface area contributed by atoms with Crippen LogP contribution in [0.4, 0.5) is 0 Å². The molecule has 0 aliphatic rings. The van der Waals surface area contributed by atoms with Crippen LogP contribution < -0.4 is 5.32 Å². The fraction of sp³-hybridized carbons (Fsp3) is 0.389. The molecule has 1 unspecified atom stereocenters. The number of hydrogen-bond donors (Lipinski definition) is 2. The van der Waals surface area contributed by atoms with Crippen LogP contribution in [0.15, 0.2) is 30.5 Å². The molecule has 7 heteroatoms. The Bertz CT molecular complexity index is 793. The van der Waals surface area contributed by atoms with Crippen molar-refractivity contribution in [3.05, 3.63) is 41.0 Å². The Labute approximate surface area is 151 Å². The number of rotatable bonds is 5. The van der Waals surface area contributed by atoms with Gasteiger partial charge in [0, 0.05) is 17.8 Å². The number of nitrogens with zero attached hydrogens (tertiary/aromatic N) is 2. The fourth-order valence-corrected chi connectivity index (χ4v) is 2.58. The van der Waals surface area contributed by atoms with Gasteiger partial charge in [-0.05, 0) is 33.8 Å². The third-order valence-corrected chi connectivity index (χ3v) is 3.96. The molecular weight excluding hydrogens is 342 g/mol. The van der Waals surface area contributed by atoms with E-state index in [-0.39, 0.29) is 17.9 Å². The van der Waals surface area contributed by atoms with E-state index in [0.29, 0.717) is 21.8 Å². The van der Waals surface area contributed by atoms with Crippen molar-refractivity contribution in [2.24, 2.45) is 0 Å². The number of nitrogens with one attached hydrogen (secondary N) is 1. The second-order valence-electron chi connectivity index (χ2n) is 6.96. The quantitative estimate of drug-likeness (QED) is 0.850. The normalized spacial score (nSPS) is 12.7. The van der Waals surface area contributed by atoms with Gasteiger partial charge in [-0.25, -0.2) is 0 Å². The summed E-state index contributed by atoms with van der Waals surface area (Å²) in [6.07, 6.45) is 1.52. The van der Waals surface area contributed by atoms with Crippen molar-refractivity contribution in [1.82, 2.24) is 15.1 Å². The maximum absolute atomic E-state index is 12.7. The lowest BCUT2D eigenvalue weighted by Gasteiger charge is -2.18. The van der Waals surface area contributed by atoms with Crippen LogP contribution in [0.2, 0.25) is 5.02 Å². The van der Waals surface area contributed by atoms with Gasteiger partial charge >= 0.3 is 5.97 Å². The SMILES string of the molecule is CC(CC(=O)O)NC(=O)c1cn(C(C)(C)C)nc1-c1ccccc1Cl. The van der Waals surface area contributed by atoms with Crippen LogP contribution in [0.1, 0.15) is 44.5 Å². The van der Waals surface area contributed by atoms with Crippen molar-refractivity contribution in [3.8, 4) is 11.3 Å². The zero-order valence-corrected chi connectivity index (χ0v) is 15.5. The number of carboxylic acid groups (broad SMARTS) is 1. The van der Waals surface area contributed by atoms with Gasteiger partial charge < -0.3 is 10.4 Å². The van der Waals surface area contributed by atoms with E-state index in [1.165, 1.54) is 0 Å². The molecule has 0 saturated heterocycles. The summed E-state index contributed by atoms with van der Waals surface area (Å²) in [5, 5.41) is 16.6. The molecule has 6 nitrogen and oxygen atoms in total. The van der Waals surface area contributed by atoms with Gasteiger partial charge in [-0.15, -0.1) is 0 Å². The summed E-state index contributed by atoms with van der Waals surface area (Å²) in [5.74, 6) is -1.34. The average molecular weight is 364 g/mol. The number of carboxylic acids is 1. The lowest BCUT2D eigenvalue weighted by atomic mass is 10.1. The van der Waals surface area contributed by atoms with Crippen molar-refractivity contribution in [2.45, 2.75) is 45.7 Å². The van der Waals surface area contributed by atoms with Crippen LogP contribution in [-0.2, 0) is 10.3 Å². The van der Waals surface area contributed by atoms with Crippen molar-refractivity contribution in [3.63, 3.8) is 0 Å². The molecule has 2 aromatic rings. The molecule has 0 aliphatic heterocycles. The number of carbonyl (C=O) groups is 2. The predicted molar refractivity (Wildman–Crippen MR) is 96.9 cm³/mol. The van der Waals surface area contributed by atoms with Crippen molar-refractivity contribution >= 4 is 23.5 Å². The summed E-state index contributed by atoms with van der Waals surface area (Å²) in [4.78, 5) is 23.5.